The average molecular weight is 332 g/mol. The first-order valence-corrected chi connectivity index (χ1v) is 8.40. The van der Waals surface area contributed by atoms with E-state index in [-0.39, 0.29) is 0 Å². The highest BCUT2D eigenvalue weighted by Gasteiger charge is 2.17. The van der Waals surface area contributed by atoms with E-state index in [1.807, 2.05) is 30.3 Å². The topological polar surface area (TPSA) is 44.3 Å². The molecule has 1 fully saturated rings. The first-order chi connectivity index (χ1) is 11.2. The van der Waals surface area contributed by atoms with Crippen molar-refractivity contribution < 1.29 is 0 Å². The average Bonchev–Trinajstić information content (AvgIpc) is 2.61. The first kappa shape index (κ1) is 16.0. The summed E-state index contributed by atoms with van der Waals surface area (Å²) in [5.41, 5.74) is 1.17. The maximum absolute atomic E-state index is 5.91. The Morgan fingerprint density at radius 1 is 1.09 bits per heavy atom. The number of rotatable bonds is 5. The molecule has 5 nitrogen and oxygen atoms in total. The summed E-state index contributed by atoms with van der Waals surface area (Å²) in [6, 6.07) is 9.86. The van der Waals surface area contributed by atoms with Crippen LogP contribution in [0.1, 0.15) is 12.5 Å². The highest BCUT2D eigenvalue weighted by molar-refractivity contribution is 6.30. The first-order valence-electron chi connectivity index (χ1n) is 8.02. The van der Waals surface area contributed by atoms with Crippen molar-refractivity contribution in [1.29, 1.82) is 0 Å². The number of likely N-dealkylation sites (N-methyl/N-ethyl adjacent to an activating group) is 1. The number of hydrogen-bond acceptors (Lipinski definition) is 5. The van der Waals surface area contributed by atoms with Gasteiger partial charge in [0.05, 0.1) is 0 Å². The van der Waals surface area contributed by atoms with E-state index in [4.69, 9.17) is 11.6 Å². The maximum atomic E-state index is 5.91. The van der Waals surface area contributed by atoms with Crippen LogP contribution in [-0.4, -0.2) is 47.6 Å². The summed E-state index contributed by atoms with van der Waals surface area (Å²) in [4.78, 5) is 13.5. The van der Waals surface area contributed by atoms with Crippen molar-refractivity contribution in [2.75, 3.05) is 42.9 Å². The van der Waals surface area contributed by atoms with Crippen LogP contribution in [0.4, 0.5) is 11.6 Å². The van der Waals surface area contributed by atoms with Gasteiger partial charge >= 0.3 is 0 Å². The van der Waals surface area contributed by atoms with Gasteiger partial charge in [-0.05, 0) is 24.2 Å². The monoisotopic (exact) mass is 331 g/mol. The molecule has 0 saturated carbocycles. The van der Waals surface area contributed by atoms with Gasteiger partial charge in [0.25, 0.3) is 0 Å². The number of benzene rings is 1. The van der Waals surface area contributed by atoms with Crippen LogP contribution in [0.15, 0.2) is 36.7 Å². The van der Waals surface area contributed by atoms with Crippen LogP contribution in [0.2, 0.25) is 5.02 Å². The molecule has 1 N–H and O–H groups in total. The van der Waals surface area contributed by atoms with E-state index in [0.29, 0.717) is 0 Å². The largest absolute Gasteiger partial charge is 0.366 e. The predicted octanol–water partition coefficient (Wildman–Crippen LogP) is 2.88. The Morgan fingerprint density at radius 3 is 2.52 bits per heavy atom. The third kappa shape index (κ3) is 4.33. The minimum atomic E-state index is 0.719. The van der Waals surface area contributed by atoms with Crippen molar-refractivity contribution in [2.24, 2.45) is 0 Å². The number of hydrogen-bond donors (Lipinski definition) is 1. The number of anilines is 2. The number of nitrogens with zero attached hydrogens (tertiary/aromatic N) is 4. The molecule has 1 aromatic heterocycles. The van der Waals surface area contributed by atoms with Gasteiger partial charge in [0.2, 0.25) is 0 Å². The van der Waals surface area contributed by atoms with Gasteiger partial charge in [-0.2, -0.15) is 0 Å². The van der Waals surface area contributed by atoms with Crippen LogP contribution in [0.25, 0.3) is 0 Å². The van der Waals surface area contributed by atoms with Crippen LogP contribution in [0, 0.1) is 0 Å². The van der Waals surface area contributed by atoms with Gasteiger partial charge in [-0.1, -0.05) is 30.7 Å². The van der Waals surface area contributed by atoms with Gasteiger partial charge in [-0.3, -0.25) is 0 Å². The maximum Gasteiger partial charge on any atom is 0.134 e. The van der Waals surface area contributed by atoms with Crippen molar-refractivity contribution in [3.63, 3.8) is 0 Å². The summed E-state index contributed by atoms with van der Waals surface area (Å²) in [5, 5.41) is 4.10. The van der Waals surface area contributed by atoms with E-state index in [0.717, 1.165) is 55.9 Å². The molecule has 2 aromatic rings. The molecule has 1 aliphatic rings. The molecule has 0 radical (unpaired) electrons. The number of nitrogens with one attached hydrogen (secondary N) is 1. The molecular weight excluding hydrogens is 310 g/mol. The molecular formula is C17H22ClN5. The van der Waals surface area contributed by atoms with E-state index in [1.165, 1.54) is 5.56 Å². The zero-order valence-electron chi connectivity index (χ0n) is 13.4. The summed E-state index contributed by atoms with van der Waals surface area (Å²) < 4.78 is 0. The molecule has 0 spiro atoms. The quantitative estimate of drug-likeness (QED) is 0.912. The van der Waals surface area contributed by atoms with Crippen LogP contribution in [-0.2, 0) is 6.54 Å². The standard InChI is InChI=1S/C17H22ClN5/c1-2-22-7-9-23(10-8-22)17-11-16(20-13-21-17)19-12-14-3-5-15(18)6-4-14/h3-6,11,13H,2,7-10,12H2,1H3,(H,19,20,21). The van der Waals surface area contributed by atoms with Crippen molar-refractivity contribution in [1.82, 2.24) is 14.9 Å². The smallest absolute Gasteiger partial charge is 0.134 e. The molecule has 1 aliphatic heterocycles. The highest BCUT2D eigenvalue weighted by Crippen LogP contribution is 2.17. The van der Waals surface area contributed by atoms with Crippen molar-refractivity contribution >= 4 is 23.2 Å². The fourth-order valence-electron chi connectivity index (χ4n) is 2.70. The Labute approximate surface area is 142 Å². The zero-order valence-corrected chi connectivity index (χ0v) is 14.1. The lowest BCUT2D eigenvalue weighted by Gasteiger charge is -2.34. The Bertz CT molecular complexity index is 623. The second kappa shape index (κ2) is 7.62. The molecule has 23 heavy (non-hydrogen) atoms. The van der Waals surface area contributed by atoms with Crippen molar-refractivity contribution in [2.45, 2.75) is 13.5 Å². The second-order valence-electron chi connectivity index (χ2n) is 5.66. The van der Waals surface area contributed by atoms with E-state index < -0.39 is 0 Å². The fourth-order valence-corrected chi connectivity index (χ4v) is 2.83. The summed E-state index contributed by atoms with van der Waals surface area (Å²) >= 11 is 5.91. The third-order valence-electron chi connectivity index (χ3n) is 4.18. The molecule has 1 aromatic carbocycles. The lowest BCUT2D eigenvalue weighted by atomic mass is 10.2. The van der Waals surface area contributed by atoms with E-state index in [2.05, 4.69) is 32.0 Å². The summed E-state index contributed by atoms with van der Waals surface area (Å²) in [6.45, 7) is 8.26. The summed E-state index contributed by atoms with van der Waals surface area (Å²) in [5.74, 6) is 1.84. The normalized spacial score (nSPS) is 15.7. The summed E-state index contributed by atoms with van der Waals surface area (Å²) in [7, 11) is 0. The number of aromatic nitrogens is 2. The molecule has 0 amide bonds. The van der Waals surface area contributed by atoms with Crippen LogP contribution < -0.4 is 10.2 Å². The molecule has 0 aliphatic carbocycles. The van der Waals surface area contributed by atoms with Gasteiger partial charge < -0.3 is 15.1 Å². The minimum Gasteiger partial charge on any atom is -0.366 e. The molecule has 122 valence electrons. The van der Waals surface area contributed by atoms with Crippen molar-refractivity contribution in [3.8, 4) is 0 Å². The van der Waals surface area contributed by atoms with E-state index >= 15 is 0 Å². The Balaban J connectivity index is 1.60. The Hall–Kier alpha value is -1.85. The van der Waals surface area contributed by atoms with Crippen LogP contribution in [0.5, 0.6) is 0 Å². The Kier molecular flexibility index (Phi) is 5.31. The highest BCUT2D eigenvalue weighted by atomic mass is 35.5. The molecule has 0 bridgehead atoms. The van der Waals surface area contributed by atoms with Gasteiger partial charge in [0.1, 0.15) is 18.0 Å². The molecule has 6 heteroatoms. The minimum absolute atomic E-state index is 0.719. The SMILES string of the molecule is CCN1CCN(c2cc(NCc3ccc(Cl)cc3)ncn2)CC1. The second-order valence-corrected chi connectivity index (χ2v) is 6.10. The van der Waals surface area contributed by atoms with Crippen molar-refractivity contribution in [3.05, 3.63) is 47.2 Å². The lowest BCUT2D eigenvalue weighted by molar-refractivity contribution is 0.270. The van der Waals surface area contributed by atoms with Gasteiger partial charge in [0, 0.05) is 43.8 Å². The fraction of sp³-hybridized carbons (Fsp3) is 0.412. The molecule has 2 heterocycles. The van der Waals surface area contributed by atoms with E-state index in [1.54, 1.807) is 6.33 Å². The number of halogens is 1. The molecule has 0 unspecified atom stereocenters. The molecule has 1 saturated heterocycles. The van der Waals surface area contributed by atoms with Gasteiger partial charge in [0.15, 0.2) is 0 Å². The summed E-state index contributed by atoms with van der Waals surface area (Å²) in [6.07, 6.45) is 1.63. The Morgan fingerprint density at radius 2 is 1.83 bits per heavy atom. The van der Waals surface area contributed by atoms with Crippen LogP contribution >= 0.6 is 11.6 Å². The molecule has 3 rings (SSSR count). The van der Waals surface area contributed by atoms with Crippen LogP contribution in [0.3, 0.4) is 0 Å². The van der Waals surface area contributed by atoms with E-state index in [9.17, 15) is 0 Å². The van der Waals surface area contributed by atoms with Gasteiger partial charge in [-0.25, -0.2) is 9.97 Å². The number of piperazine rings is 1. The zero-order chi connectivity index (χ0) is 16.1. The lowest BCUT2D eigenvalue weighted by Crippen LogP contribution is -2.46. The predicted molar refractivity (Wildman–Crippen MR) is 95.1 cm³/mol. The third-order valence-corrected chi connectivity index (χ3v) is 4.44. The molecule has 0 atom stereocenters. The van der Waals surface area contributed by atoms with Gasteiger partial charge in [-0.15, -0.1) is 0 Å².